The van der Waals surface area contributed by atoms with Gasteiger partial charge in [0, 0.05) is 24.9 Å². The van der Waals surface area contributed by atoms with Gasteiger partial charge in [-0.3, -0.25) is 0 Å². The number of halogens is 2. The molecule has 0 fully saturated rings. The van der Waals surface area contributed by atoms with Crippen LogP contribution in [0.1, 0.15) is 5.56 Å². The van der Waals surface area contributed by atoms with Crippen molar-refractivity contribution in [3.8, 4) is 11.6 Å². The van der Waals surface area contributed by atoms with Crippen LogP contribution >= 0.6 is 0 Å². The van der Waals surface area contributed by atoms with Gasteiger partial charge in [-0.2, -0.15) is 0 Å². The van der Waals surface area contributed by atoms with Crippen molar-refractivity contribution in [2.75, 3.05) is 0 Å². The second-order valence-electron chi connectivity index (χ2n) is 5.35. The van der Waals surface area contributed by atoms with E-state index in [9.17, 15) is 17.2 Å². The molecule has 0 saturated carbocycles. The van der Waals surface area contributed by atoms with E-state index in [4.69, 9.17) is 4.74 Å². The zero-order valence-electron chi connectivity index (χ0n) is 13.4. The molecule has 0 amide bonds. The number of sulfonamides is 1. The Balaban J connectivity index is 1.72. The van der Waals surface area contributed by atoms with Crippen molar-refractivity contribution in [1.29, 1.82) is 0 Å². The van der Waals surface area contributed by atoms with Crippen LogP contribution in [-0.4, -0.2) is 13.4 Å². The summed E-state index contributed by atoms with van der Waals surface area (Å²) in [6.07, 6.45) is 1.59. The molecule has 0 unspecified atom stereocenters. The average Bonchev–Trinajstić information content (AvgIpc) is 2.60. The smallest absolute Gasteiger partial charge is 0.241 e. The fourth-order valence-corrected chi connectivity index (χ4v) is 3.25. The molecule has 26 heavy (non-hydrogen) atoms. The molecule has 3 rings (SSSR count). The first-order valence-electron chi connectivity index (χ1n) is 7.56. The number of hydrogen-bond donors (Lipinski definition) is 1. The van der Waals surface area contributed by atoms with Crippen LogP contribution in [0.25, 0.3) is 0 Å². The Morgan fingerprint density at radius 2 is 1.73 bits per heavy atom. The summed E-state index contributed by atoms with van der Waals surface area (Å²) in [5, 5.41) is 0. The van der Waals surface area contributed by atoms with E-state index >= 15 is 0 Å². The number of hydrogen-bond acceptors (Lipinski definition) is 4. The van der Waals surface area contributed by atoms with Crippen molar-refractivity contribution in [3.05, 3.63) is 84.1 Å². The second kappa shape index (κ2) is 7.59. The summed E-state index contributed by atoms with van der Waals surface area (Å²) in [6.45, 7) is -0.0696. The summed E-state index contributed by atoms with van der Waals surface area (Å²) in [5.74, 6) is -1.04. The van der Waals surface area contributed by atoms with Crippen LogP contribution in [0.15, 0.2) is 71.8 Å². The van der Waals surface area contributed by atoms with Crippen molar-refractivity contribution < 1.29 is 21.9 Å². The highest BCUT2D eigenvalue weighted by Gasteiger charge is 2.16. The van der Waals surface area contributed by atoms with Gasteiger partial charge < -0.3 is 4.74 Å². The van der Waals surface area contributed by atoms with Crippen molar-refractivity contribution in [3.63, 3.8) is 0 Å². The molecule has 2 aromatic carbocycles. The van der Waals surface area contributed by atoms with Crippen molar-refractivity contribution in [2.24, 2.45) is 0 Å². The monoisotopic (exact) mass is 376 g/mol. The van der Waals surface area contributed by atoms with Gasteiger partial charge in [0.05, 0.1) is 4.90 Å². The largest absolute Gasteiger partial charge is 0.439 e. The van der Waals surface area contributed by atoms with Crippen LogP contribution in [0.2, 0.25) is 0 Å². The minimum Gasteiger partial charge on any atom is -0.439 e. The Morgan fingerprint density at radius 1 is 0.962 bits per heavy atom. The summed E-state index contributed by atoms with van der Waals surface area (Å²) in [5.41, 5.74) is 0.610. The van der Waals surface area contributed by atoms with E-state index < -0.39 is 26.6 Å². The van der Waals surface area contributed by atoms with Gasteiger partial charge in [0.1, 0.15) is 17.4 Å². The molecule has 0 aliphatic rings. The summed E-state index contributed by atoms with van der Waals surface area (Å²) < 4.78 is 58.7. The molecule has 0 spiro atoms. The fourth-order valence-electron chi connectivity index (χ4n) is 2.19. The van der Waals surface area contributed by atoms with Crippen molar-refractivity contribution >= 4 is 10.0 Å². The third-order valence-corrected chi connectivity index (χ3v) is 4.75. The summed E-state index contributed by atoms with van der Waals surface area (Å²) >= 11 is 0. The van der Waals surface area contributed by atoms with E-state index in [1.165, 1.54) is 0 Å². The topological polar surface area (TPSA) is 68.3 Å². The number of benzene rings is 2. The maximum Gasteiger partial charge on any atom is 0.241 e. The van der Waals surface area contributed by atoms with Crippen molar-refractivity contribution in [1.82, 2.24) is 9.71 Å². The van der Waals surface area contributed by atoms with Crippen molar-refractivity contribution in [2.45, 2.75) is 11.4 Å². The Hall–Kier alpha value is -2.84. The lowest BCUT2D eigenvalue weighted by atomic mass is 10.2. The van der Waals surface area contributed by atoms with E-state index in [-0.39, 0.29) is 6.54 Å². The van der Waals surface area contributed by atoms with E-state index in [0.29, 0.717) is 23.3 Å². The SMILES string of the molecule is O=S(=O)(NCc1cccc(Oc2ccccn2)c1)c1cc(F)cc(F)c1. The molecule has 134 valence electrons. The minimum atomic E-state index is -4.06. The lowest BCUT2D eigenvalue weighted by Gasteiger charge is -2.09. The number of nitrogens with zero attached hydrogens (tertiary/aromatic N) is 1. The van der Waals surface area contributed by atoms with E-state index in [2.05, 4.69) is 9.71 Å². The first kappa shape index (κ1) is 18.0. The lowest BCUT2D eigenvalue weighted by Crippen LogP contribution is -2.23. The Labute approximate surface area is 149 Å². The predicted octanol–water partition coefficient (Wildman–Crippen LogP) is 3.63. The molecule has 5 nitrogen and oxygen atoms in total. The number of pyridine rings is 1. The molecule has 1 aromatic heterocycles. The third kappa shape index (κ3) is 4.62. The molecule has 8 heteroatoms. The minimum absolute atomic E-state index is 0.0696. The highest BCUT2D eigenvalue weighted by atomic mass is 32.2. The third-order valence-electron chi connectivity index (χ3n) is 3.37. The van der Waals surface area contributed by atoms with Crippen LogP contribution < -0.4 is 9.46 Å². The zero-order chi connectivity index (χ0) is 18.6. The van der Waals surface area contributed by atoms with Crippen LogP contribution in [0.3, 0.4) is 0 Å². The lowest BCUT2D eigenvalue weighted by molar-refractivity contribution is 0.462. The van der Waals surface area contributed by atoms with Gasteiger partial charge in [-0.25, -0.2) is 26.9 Å². The van der Waals surface area contributed by atoms with E-state index in [1.807, 2.05) is 0 Å². The molecule has 1 heterocycles. The van der Waals surface area contributed by atoms with E-state index in [1.54, 1.807) is 48.7 Å². The maximum absolute atomic E-state index is 13.2. The maximum atomic E-state index is 13.2. The molecule has 0 atom stereocenters. The first-order valence-corrected chi connectivity index (χ1v) is 9.04. The number of ether oxygens (including phenoxy) is 1. The Bertz CT molecular complexity index is 992. The standard InChI is InChI=1S/C18H14F2N2O3S/c19-14-9-15(20)11-17(10-14)26(23,24)22-12-13-4-3-5-16(8-13)25-18-6-1-2-7-21-18/h1-11,22H,12H2. The molecule has 0 radical (unpaired) electrons. The van der Waals surface area contributed by atoms with Gasteiger partial charge in [0.25, 0.3) is 0 Å². The quantitative estimate of drug-likeness (QED) is 0.713. The molecule has 0 aliphatic carbocycles. The summed E-state index contributed by atoms with van der Waals surface area (Å²) in [4.78, 5) is 3.56. The van der Waals surface area contributed by atoms with Crippen LogP contribution in [0.5, 0.6) is 11.6 Å². The summed E-state index contributed by atoms with van der Waals surface area (Å²) in [6, 6.07) is 14.1. The van der Waals surface area contributed by atoms with Gasteiger partial charge in [-0.05, 0) is 35.9 Å². The number of aromatic nitrogens is 1. The van der Waals surface area contributed by atoms with Gasteiger partial charge in [0.2, 0.25) is 15.9 Å². The number of nitrogens with one attached hydrogen (secondary N) is 1. The van der Waals surface area contributed by atoms with Crippen LogP contribution in [0, 0.1) is 11.6 Å². The Kier molecular flexibility index (Phi) is 5.24. The average molecular weight is 376 g/mol. The van der Waals surface area contributed by atoms with E-state index in [0.717, 1.165) is 12.1 Å². The molecule has 1 N–H and O–H groups in total. The van der Waals surface area contributed by atoms with Gasteiger partial charge in [-0.15, -0.1) is 0 Å². The van der Waals surface area contributed by atoms with Crippen LogP contribution in [-0.2, 0) is 16.6 Å². The zero-order valence-corrected chi connectivity index (χ0v) is 14.2. The molecule has 3 aromatic rings. The molecular weight excluding hydrogens is 362 g/mol. The van der Waals surface area contributed by atoms with Gasteiger partial charge in [-0.1, -0.05) is 18.2 Å². The molecule has 0 saturated heterocycles. The first-order chi connectivity index (χ1) is 12.4. The second-order valence-corrected chi connectivity index (χ2v) is 7.11. The van der Waals surface area contributed by atoms with Gasteiger partial charge in [0.15, 0.2) is 0 Å². The predicted molar refractivity (Wildman–Crippen MR) is 91.1 cm³/mol. The molecule has 0 aliphatic heterocycles. The van der Waals surface area contributed by atoms with Crippen LogP contribution in [0.4, 0.5) is 8.78 Å². The number of rotatable bonds is 6. The highest BCUT2D eigenvalue weighted by molar-refractivity contribution is 7.89. The summed E-state index contributed by atoms with van der Waals surface area (Å²) in [7, 11) is -4.06. The Morgan fingerprint density at radius 3 is 2.42 bits per heavy atom. The molecule has 0 bridgehead atoms. The van der Waals surface area contributed by atoms with Gasteiger partial charge >= 0.3 is 0 Å². The fraction of sp³-hybridized carbons (Fsp3) is 0.0556. The molecular formula is C18H14F2N2O3S. The normalized spacial score (nSPS) is 11.3. The highest BCUT2D eigenvalue weighted by Crippen LogP contribution is 2.20.